The molecular formula is C23H23NO6. The number of hydrogen-bond acceptors (Lipinski definition) is 5. The van der Waals surface area contributed by atoms with Crippen LogP contribution in [0, 0.1) is 13.8 Å². The minimum absolute atomic E-state index is 0.145. The van der Waals surface area contributed by atoms with Crippen LogP contribution in [0.5, 0.6) is 5.75 Å². The lowest BCUT2D eigenvalue weighted by Crippen LogP contribution is -2.43. The quantitative estimate of drug-likeness (QED) is 0.581. The molecule has 156 valence electrons. The molecule has 1 amide bonds. The van der Waals surface area contributed by atoms with Crippen LogP contribution in [-0.4, -0.2) is 30.1 Å². The molecule has 0 saturated heterocycles. The highest BCUT2D eigenvalue weighted by molar-refractivity contribution is 5.89. The highest BCUT2D eigenvalue weighted by atomic mass is 16.5. The molecule has 1 aromatic heterocycles. The number of carbonyl (C=O) groups excluding carboxylic acids is 1. The van der Waals surface area contributed by atoms with Gasteiger partial charge in [-0.05, 0) is 37.1 Å². The van der Waals surface area contributed by atoms with Gasteiger partial charge in [0.2, 0.25) is 5.91 Å². The van der Waals surface area contributed by atoms with Crippen molar-refractivity contribution in [2.45, 2.75) is 32.7 Å². The third-order valence-electron chi connectivity index (χ3n) is 5.13. The molecule has 1 heterocycles. The number of fused-ring (bicyclic) bond motifs is 1. The molecular weight excluding hydrogens is 386 g/mol. The molecule has 1 atom stereocenters. The van der Waals surface area contributed by atoms with Gasteiger partial charge in [-0.15, -0.1) is 0 Å². The molecule has 0 aliphatic carbocycles. The van der Waals surface area contributed by atoms with Crippen LogP contribution in [0.3, 0.4) is 0 Å². The second-order valence-corrected chi connectivity index (χ2v) is 7.09. The number of hydrogen-bond donors (Lipinski definition) is 2. The minimum Gasteiger partial charge on any atom is -0.496 e. The van der Waals surface area contributed by atoms with E-state index in [9.17, 15) is 19.5 Å². The van der Waals surface area contributed by atoms with Gasteiger partial charge in [-0.3, -0.25) is 4.79 Å². The zero-order chi connectivity index (χ0) is 21.8. The molecule has 0 saturated carbocycles. The van der Waals surface area contributed by atoms with Gasteiger partial charge in [-0.2, -0.15) is 0 Å². The maximum atomic E-state index is 12.6. The second-order valence-electron chi connectivity index (χ2n) is 7.09. The zero-order valence-electron chi connectivity index (χ0n) is 17.0. The van der Waals surface area contributed by atoms with Crippen LogP contribution in [0.4, 0.5) is 0 Å². The number of aliphatic carboxylic acids is 1. The molecule has 0 fully saturated rings. The Morgan fingerprint density at radius 3 is 2.43 bits per heavy atom. The molecule has 7 nitrogen and oxygen atoms in total. The van der Waals surface area contributed by atoms with Gasteiger partial charge in [0.05, 0.1) is 19.1 Å². The fourth-order valence-electron chi connectivity index (χ4n) is 3.45. The predicted molar refractivity (Wildman–Crippen MR) is 112 cm³/mol. The molecule has 0 bridgehead atoms. The van der Waals surface area contributed by atoms with Gasteiger partial charge in [0, 0.05) is 17.4 Å². The molecule has 3 aromatic rings. The minimum atomic E-state index is -1.14. The Morgan fingerprint density at radius 1 is 1.10 bits per heavy atom. The molecule has 2 aromatic carbocycles. The van der Waals surface area contributed by atoms with E-state index in [1.165, 1.54) is 7.11 Å². The smallest absolute Gasteiger partial charge is 0.340 e. The van der Waals surface area contributed by atoms with E-state index < -0.39 is 23.5 Å². The normalized spacial score (nSPS) is 11.8. The number of benzene rings is 2. The standard InChI is InChI=1S/C23H23NO6/c1-13-16-9-10-19(29-3)14(2)21(16)30-23(28)17(13)12-20(25)24-18(22(26)27)11-15-7-5-4-6-8-15/h4-10,18H,11-12H2,1-3H3,(H,24,25)(H,26,27)/t18-/m1/s1. The van der Waals surface area contributed by atoms with Crippen molar-refractivity contribution in [3.63, 3.8) is 0 Å². The first-order chi connectivity index (χ1) is 14.3. The Kier molecular flexibility index (Phi) is 6.20. The van der Waals surface area contributed by atoms with Crippen LogP contribution in [0.1, 0.15) is 22.3 Å². The fraction of sp³-hybridized carbons (Fsp3) is 0.261. The van der Waals surface area contributed by atoms with Crippen molar-refractivity contribution < 1.29 is 23.8 Å². The lowest BCUT2D eigenvalue weighted by atomic mass is 10.0. The SMILES string of the molecule is COc1ccc2c(C)c(CC(=O)N[C@H](Cc3ccccc3)C(=O)O)c(=O)oc2c1C. The average molecular weight is 409 g/mol. The van der Waals surface area contributed by atoms with Crippen molar-refractivity contribution in [3.05, 3.63) is 75.1 Å². The van der Waals surface area contributed by atoms with Gasteiger partial charge in [0.15, 0.2) is 0 Å². The van der Waals surface area contributed by atoms with E-state index in [1.54, 1.807) is 50.2 Å². The van der Waals surface area contributed by atoms with Gasteiger partial charge < -0.3 is 19.6 Å². The summed E-state index contributed by atoms with van der Waals surface area (Å²) in [6.45, 7) is 3.53. The Labute approximate surface area is 173 Å². The molecule has 0 unspecified atom stereocenters. The first-order valence-corrected chi connectivity index (χ1v) is 9.47. The fourth-order valence-corrected chi connectivity index (χ4v) is 3.45. The van der Waals surface area contributed by atoms with Crippen LogP contribution >= 0.6 is 0 Å². The highest BCUT2D eigenvalue weighted by Crippen LogP contribution is 2.29. The van der Waals surface area contributed by atoms with Crippen molar-refractivity contribution in [3.8, 4) is 5.75 Å². The van der Waals surface area contributed by atoms with E-state index in [1.807, 2.05) is 6.07 Å². The maximum Gasteiger partial charge on any atom is 0.340 e. The monoisotopic (exact) mass is 409 g/mol. The van der Waals surface area contributed by atoms with Crippen molar-refractivity contribution in [1.29, 1.82) is 0 Å². The number of methoxy groups -OCH3 is 1. The summed E-state index contributed by atoms with van der Waals surface area (Å²) in [7, 11) is 1.53. The van der Waals surface area contributed by atoms with E-state index in [4.69, 9.17) is 9.15 Å². The lowest BCUT2D eigenvalue weighted by Gasteiger charge is -2.15. The highest BCUT2D eigenvalue weighted by Gasteiger charge is 2.23. The van der Waals surface area contributed by atoms with Crippen molar-refractivity contribution in [2.24, 2.45) is 0 Å². The van der Waals surface area contributed by atoms with Crippen molar-refractivity contribution in [1.82, 2.24) is 5.32 Å². The zero-order valence-corrected chi connectivity index (χ0v) is 17.0. The maximum absolute atomic E-state index is 12.6. The number of carboxylic acid groups (broad SMARTS) is 1. The van der Waals surface area contributed by atoms with Crippen LogP contribution in [0.2, 0.25) is 0 Å². The molecule has 30 heavy (non-hydrogen) atoms. The Bertz CT molecular complexity index is 1150. The van der Waals surface area contributed by atoms with Crippen LogP contribution in [0.25, 0.3) is 11.0 Å². The predicted octanol–water partition coefficient (Wildman–Crippen LogP) is 2.77. The number of ether oxygens (including phenoxy) is 1. The van der Waals surface area contributed by atoms with Crippen LogP contribution in [0.15, 0.2) is 51.7 Å². The summed E-state index contributed by atoms with van der Waals surface area (Å²) in [6, 6.07) is 11.5. The number of carboxylic acids is 1. The Morgan fingerprint density at radius 2 is 1.80 bits per heavy atom. The number of amides is 1. The summed E-state index contributed by atoms with van der Waals surface area (Å²) in [5, 5.41) is 12.7. The summed E-state index contributed by atoms with van der Waals surface area (Å²) in [5.74, 6) is -1.10. The summed E-state index contributed by atoms with van der Waals surface area (Å²) in [6.07, 6.45) is -0.125. The topological polar surface area (TPSA) is 106 Å². The molecule has 2 N–H and O–H groups in total. The second kappa shape index (κ2) is 8.82. The van der Waals surface area contributed by atoms with Crippen molar-refractivity contribution >= 4 is 22.8 Å². The van der Waals surface area contributed by atoms with Gasteiger partial charge in [-0.25, -0.2) is 9.59 Å². The molecule has 0 spiro atoms. The van der Waals surface area contributed by atoms with E-state index in [0.717, 1.165) is 5.56 Å². The largest absolute Gasteiger partial charge is 0.496 e. The third-order valence-corrected chi connectivity index (χ3v) is 5.13. The third kappa shape index (κ3) is 4.35. The number of aryl methyl sites for hydroxylation is 2. The molecule has 0 radical (unpaired) electrons. The van der Waals surface area contributed by atoms with Gasteiger partial charge >= 0.3 is 11.6 Å². The van der Waals surface area contributed by atoms with Crippen LogP contribution < -0.4 is 15.7 Å². The van der Waals surface area contributed by atoms with E-state index >= 15 is 0 Å². The van der Waals surface area contributed by atoms with Gasteiger partial charge in [-0.1, -0.05) is 30.3 Å². The average Bonchev–Trinajstić information content (AvgIpc) is 2.72. The van der Waals surface area contributed by atoms with Gasteiger partial charge in [0.25, 0.3) is 0 Å². The van der Waals surface area contributed by atoms with Crippen molar-refractivity contribution in [2.75, 3.05) is 7.11 Å². The Hall–Kier alpha value is -3.61. The molecule has 3 rings (SSSR count). The van der Waals surface area contributed by atoms with E-state index in [-0.39, 0.29) is 18.4 Å². The first-order valence-electron chi connectivity index (χ1n) is 9.47. The molecule has 7 heteroatoms. The Balaban J connectivity index is 1.85. The summed E-state index contributed by atoms with van der Waals surface area (Å²) in [4.78, 5) is 36.7. The number of nitrogens with one attached hydrogen (secondary N) is 1. The number of rotatable bonds is 7. The lowest BCUT2D eigenvalue weighted by molar-refractivity contribution is -0.141. The van der Waals surface area contributed by atoms with Gasteiger partial charge in [0.1, 0.15) is 17.4 Å². The molecule has 0 aliphatic rings. The van der Waals surface area contributed by atoms with Crippen LogP contribution in [-0.2, 0) is 22.4 Å². The van der Waals surface area contributed by atoms with E-state index in [2.05, 4.69) is 5.32 Å². The molecule has 0 aliphatic heterocycles. The van der Waals surface area contributed by atoms with E-state index in [0.29, 0.717) is 27.8 Å². The number of carbonyl (C=O) groups is 2. The summed E-state index contributed by atoms with van der Waals surface area (Å²) < 4.78 is 10.7. The first kappa shape index (κ1) is 21.1. The summed E-state index contributed by atoms with van der Waals surface area (Å²) in [5.41, 5.74) is 2.09. The summed E-state index contributed by atoms with van der Waals surface area (Å²) >= 11 is 0.